The molecule has 0 heterocycles. The fourth-order valence-electron chi connectivity index (χ4n) is 1.88. The summed E-state index contributed by atoms with van der Waals surface area (Å²) in [5, 5.41) is 3.47. The Kier molecular flexibility index (Phi) is 8.32. The fourth-order valence-corrected chi connectivity index (χ4v) is 1.88. The third-order valence-corrected chi connectivity index (χ3v) is 3.06. The quantitative estimate of drug-likeness (QED) is 0.634. The molecule has 1 aromatic carbocycles. The second kappa shape index (κ2) is 9.95. The van der Waals surface area contributed by atoms with Gasteiger partial charge in [0.15, 0.2) is 0 Å². The zero-order valence-electron chi connectivity index (χ0n) is 11.9. The Bertz CT molecular complexity index is 312. The molecule has 0 aliphatic rings. The van der Waals surface area contributed by atoms with Gasteiger partial charge in [0.2, 0.25) is 0 Å². The molecule has 0 aromatic heterocycles. The molecule has 2 heteroatoms. The summed E-state index contributed by atoms with van der Waals surface area (Å²) in [6.07, 6.45) is 6.25. The topological polar surface area (TPSA) is 21.3 Å². The molecule has 0 aliphatic heterocycles. The summed E-state index contributed by atoms with van der Waals surface area (Å²) in [5.74, 6) is 1.02. The van der Waals surface area contributed by atoms with E-state index in [2.05, 4.69) is 25.2 Å². The van der Waals surface area contributed by atoms with Crippen LogP contribution < -0.4 is 10.1 Å². The van der Waals surface area contributed by atoms with E-state index in [0.29, 0.717) is 0 Å². The lowest BCUT2D eigenvalue weighted by Gasteiger charge is -2.09. The average Bonchev–Trinajstić information content (AvgIpc) is 2.39. The zero-order chi connectivity index (χ0) is 13.1. The Morgan fingerprint density at radius 3 is 2.44 bits per heavy atom. The van der Waals surface area contributed by atoms with E-state index < -0.39 is 0 Å². The summed E-state index contributed by atoms with van der Waals surface area (Å²) >= 11 is 0. The maximum atomic E-state index is 5.75. The van der Waals surface area contributed by atoms with Crippen LogP contribution in [0.3, 0.4) is 0 Å². The number of unbranched alkanes of at least 4 members (excludes halogenated alkanes) is 3. The predicted molar refractivity (Wildman–Crippen MR) is 78.3 cm³/mol. The van der Waals surface area contributed by atoms with Crippen molar-refractivity contribution in [3.63, 3.8) is 0 Å². The molecular formula is C16H27NO. The summed E-state index contributed by atoms with van der Waals surface area (Å²) in [5.41, 5.74) is 1.22. The summed E-state index contributed by atoms with van der Waals surface area (Å²) < 4.78 is 5.75. The number of rotatable bonds is 10. The van der Waals surface area contributed by atoms with Crippen LogP contribution in [0.4, 0.5) is 0 Å². The third kappa shape index (κ3) is 6.65. The summed E-state index contributed by atoms with van der Waals surface area (Å²) in [6.45, 7) is 7.42. The van der Waals surface area contributed by atoms with Crippen molar-refractivity contribution in [2.24, 2.45) is 0 Å². The second-order valence-electron chi connectivity index (χ2n) is 4.78. The minimum Gasteiger partial charge on any atom is -0.493 e. The molecule has 0 aliphatic carbocycles. The first kappa shape index (κ1) is 15.0. The van der Waals surface area contributed by atoms with E-state index in [4.69, 9.17) is 4.74 Å². The fraction of sp³-hybridized carbons (Fsp3) is 0.625. The van der Waals surface area contributed by atoms with Gasteiger partial charge in [-0.25, -0.2) is 0 Å². The second-order valence-corrected chi connectivity index (χ2v) is 4.78. The molecule has 0 saturated carbocycles. The van der Waals surface area contributed by atoms with E-state index in [1.54, 1.807) is 0 Å². The largest absolute Gasteiger partial charge is 0.493 e. The molecule has 0 spiro atoms. The van der Waals surface area contributed by atoms with Crippen molar-refractivity contribution >= 4 is 0 Å². The van der Waals surface area contributed by atoms with Crippen LogP contribution in [-0.2, 0) is 0 Å². The average molecular weight is 249 g/mol. The van der Waals surface area contributed by atoms with Crippen molar-refractivity contribution in [2.45, 2.75) is 46.0 Å². The number of nitrogens with one attached hydrogen (secondary N) is 1. The van der Waals surface area contributed by atoms with Crippen molar-refractivity contribution in [3.8, 4) is 5.75 Å². The van der Waals surface area contributed by atoms with E-state index >= 15 is 0 Å². The van der Waals surface area contributed by atoms with Gasteiger partial charge in [-0.15, -0.1) is 0 Å². The Balaban J connectivity index is 1.94. The van der Waals surface area contributed by atoms with E-state index in [0.717, 1.165) is 31.9 Å². The number of hydrogen-bond donors (Lipinski definition) is 1. The lowest BCUT2D eigenvalue weighted by molar-refractivity contribution is 0.304. The molecule has 0 fully saturated rings. The standard InChI is InChI=1S/C16H27NO/c1-3-4-7-12-17-13-8-9-14-18-16-11-6-5-10-15(16)2/h5-6,10-11,17H,3-4,7-9,12-14H2,1-2H3. The highest BCUT2D eigenvalue weighted by Gasteiger charge is 1.97. The molecule has 18 heavy (non-hydrogen) atoms. The first-order chi connectivity index (χ1) is 8.84. The minimum atomic E-state index is 0.821. The highest BCUT2D eigenvalue weighted by atomic mass is 16.5. The van der Waals surface area contributed by atoms with Crippen molar-refractivity contribution < 1.29 is 4.74 Å². The monoisotopic (exact) mass is 249 g/mol. The van der Waals surface area contributed by atoms with Gasteiger partial charge in [0.1, 0.15) is 5.75 Å². The van der Waals surface area contributed by atoms with Gasteiger partial charge in [-0.3, -0.25) is 0 Å². The Labute approximate surface area is 112 Å². The number of benzene rings is 1. The maximum Gasteiger partial charge on any atom is 0.122 e. The predicted octanol–water partition coefficient (Wildman–Crippen LogP) is 3.93. The third-order valence-electron chi connectivity index (χ3n) is 3.06. The van der Waals surface area contributed by atoms with Gasteiger partial charge >= 0.3 is 0 Å². The Morgan fingerprint density at radius 1 is 1.00 bits per heavy atom. The van der Waals surface area contributed by atoms with Gasteiger partial charge in [0.05, 0.1) is 6.61 Å². The molecule has 1 rings (SSSR count). The number of para-hydroxylation sites is 1. The molecular weight excluding hydrogens is 222 g/mol. The van der Waals surface area contributed by atoms with E-state index in [-0.39, 0.29) is 0 Å². The van der Waals surface area contributed by atoms with Crippen molar-refractivity contribution in [2.75, 3.05) is 19.7 Å². The first-order valence-electron chi connectivity index (χ1n) is 7.23. The summed E-state index contributed by atoms with van der Waals surface area (Å²) in [6, 6.07) is 8.20. The Hall–Kier alpha value is -1.02. The van der Waals surface area contributed by atoms with E-state index in [1.807, 2.05) is 18.2 Å². The highest BCUT2D eigenvalue weighted by Crippen LogP contribution is 2.16. The van der Waals surface area contributed by atoms with Gasteiger partial charge in [-0.1, -0.05) is 38.0 Å². The van der Waals surface area contributed by atoms with Crippen LogP contribution in [0.1, 0.15) is 44.6 Å². The van der Waals surface area contributed by atoms with E-state index in [1.165, 1.54) is 31.2 Å². The molecule has 0 bridgehead atoms. The number of hydrogen-bond acceptors (Lipinski definition) is 2. The molecule has 1 aromatic rings. The van der Waals surface area contributed by atoms with Crippen LogP contribution in [-0.4, -0.2) is 19.7 Å². The van der Waals surface area contributed by atoms with Crippen LogP contribution in [0, 0.1) is 6.92 Å². The molecule has 102 valence electrons. The zero-order valence-corrected chi connectivity index (χ0v) is 11.9. The SMILES string of the molecule is CCCCCNCCCCOc1ccccc1C. The lowest BCUT2D eigenvalue weighted by Crippen LogP contribution is -2.17. The molecule has 0 atom stereocenters. The Morgan fingerprint density at radius 2 is 1.72 bits per heavy atom. The minimum absolute atomic E-state index is 0.821. The maximum absolute atomic E-state index is 5.75. The van der Waals surface area contributed by atoms with Crippen LogP contribution in [0.5, 0.6) is 5.75 Å². The lowest BCUT2D eigenvalue weighted by atomic mass is 10.2. The van der Waals surface area contributed by atoms with Gasteiger partial charge in [0, 0.05) is 0 Å². The summed E-state index contributed by atoms with van der Waals surface area (Å²) in [4.78, 5) is 0. The van der Waals surface area contributed by atoms with Gasteiger partial charge in [0.25, 0.3) is 0 Å². The number of aryl methyl sites for hydroxylation is 1. The van der Waals surface area contributed by atoms with Crippen LogP contribution in [0.25, 0.3) is 0 Å². The molecule has 0 saturated heterocycles. The smallest absolute Gasteiger partial charge is 0.122 e. The van der Waals surface area contributed by atoms with Crippen LogP contribution in [0.2, 0.25) is 0 Å². The number of ether oxygens (including phenoxy) is 1. The van der Waals surface area contributed by atoms with Gasteiger partial charge < -0.3 is 10.1 Å². The first-order valence-corrected chi connectivity index (χ1v) is 7.23. The van der Waals surface area contributed by atoms with Crippen LogP contribution >= 0.6 is 0 Å². The van der Waals surface area contributed by atoms with Crippen molar-refractivity contribution in [1.82, 2.24) is 5.32 Å². The highest BCUT2D eigenvalue weighted by molar-refractivity contribution is 5.31. The molecule has 0 unspecified atom stereocenters. The normalized spacial score (nSPS) is 10.6. The van der Waals surface area contributed by atoms with Crippen molar-refractivity contribution in [3.05, 3.63) is 29.8 Å². The summed E-state index contributed by atoms with van der Waals surface area (Å²) in [7, 11) is 0. The molecule has 1 N–H and O–H groups in total. The van der Waals surface area contributed by atoms with Crippen LogP contribution in [0.15, 0.2) is 24.3 Å². The van der Waals surface area contributed by atoms with Crippen molar-refractivity contribution in [1.29, 1.82) is 0 Å². The molecule has 2 nitrogen and oxygen atoms in total. The van der Waals surface area contributed by atoms with Gasteiger partial charge in [-0.05, 0) is 50.9 Å². The molecule has 0 radical (unpaired) electrons. The molecule has 0 amide bonds. The van der Waals surface area contributed by atoms with Gasteiger partial charge in [-0.2, -0.15) is 0 Å². The van der Waals surface area contributed by atoms with E-state index in [9.17, 15) is 0 Å².